The van der Waals surface area contributed by atoms with Crippen LogP contribution >= 0.6 is 34.5 Å². The number of halogens is 2. The van der Waals surface area contributed by atoms with Gasteiger partial charge in [0.25, 0.3) is 0 Å². The van der Waals surface area contributed by atoms with Gasteiger partial charge in [-0.3, -0.25) is 0 Å². The van der Waals surface area contributed by atoms with Crippen LogP contribution in [0, 0.1) is 13.8 Å². The summed E-state index contributed by atoms with van der Waals surface area (Å²) in [7, 11) is 0. The first-order valence-corrected chi connectivity index (χ1v) is 11.2. The van der Waals surface area contributed by atoms with Crippen molar-refractivity contribution in [2.45, 2.75) is 20.4 Å². The van der Waals surface area contributed by atoms with Crippen LogP contribution in [0.4, 0.5) is 5.69 Å². The molecule has 2 aromatic carbocycles. The minimum absolute atomic E-state index is 0.532. The lowest BCUT2D eigenvalue weighted by Gasteiger charge is -2.11. The third-order valence-corrected chi connectivity index (χ3v) is 6.36. The van der Waals surface area contributed by atoms with Crippen molar-refractivity contribution in [1.82, 2.24) is 9.13 Å². The molecule has 0 N–H and O–H groups in total. The molecule has 0 saturated carbocycles. The Balaban J connectivity index is 1.87. The van der Waals surface area contributed by atoms with Gasteiger partial charge in [0.1, 0.15) is 0 Å². The second kappa shape index (κ2) is 8.68. The molecule has 0 saturated heterocycles. The number of para-hydroxylation sites is 1. The minimum atomic E-state index is 0.532. The van der Waals surface area contributed by atoms with Crippen molar-refractivity contribution in [3.05, 3.63) is 98.9 Å². The molecule has 0 unspecified atom stereocenters. The van der Waals surface area contributed by atoms with Crippen molar-refractivity contribution in [1.29, 1.82) is 0 Å². The van der Waals surface area contributed by atoms with Crippen LogP contribution in [0.5, 0.6) is 0 Å². The van der Waals surface area contributed by atoms with Crippen molar-refractivity contribution in [3.63, 3.8) is 0 Å². The molecule has 152 valence electrons. The molecule has 0 atom stereocenters. The molecule has 0 bridgehead atoms. The monoisotopic (exact) mass is 453 g/mol. The summed E-state index contributed by atoms with van der Waals surface area (Å²) >= 11 is 14.0. The van der Waals surface area contributed by atoms with Crippen LogP contribution in [0.2, 0.25) is 10.0 Å². The highest BCUT2D eigenvalue weighted by atomic mass is 35.5. The fraction of sp³-hybridized carbons (Fsp3) is 0.125. The van der Waals surface area contributed by atoms with Gasteiger partial charge in [0, 0.05) is 39.6 Å². The smallest absolute Gasteiger partial charge is 0.190 e. The van der Waals surface area contributed by atoms with Gasteiger partial charge < -0.3 is 9.13 Å². The van der Waals surface area contributed by atoms with E-state index >= 15 is 0 Å². The molecular weight excluding hydrogens is 433 g/mol. The lowest BCUT2D eigenvalue weighted by Crippen LogP contribution is -2.15. The van der Waals surface area contributed by atoms with Gasteiger partial charge >= 0.3 is 0 Å². The fourth-order valence-electron chi connectivity index (χ4n) is 3.61. The Labute approximate surface area is 190 Å². The molecule has 0 aliphatic rings. The van der Waals surface area contributed by atoms with Crippen LogP contribution in [-0.2, 0) is 6.54 Å². The molecule has 30 heavy (non-hydrogen) atoms. The molecule has 0 spiro atoms. The third kappa shape index (κ3) is 3.91. The highest BCUT2D eigenvalue weighted by Gasteiger charge is 2.16. The molecule has 0 fully saturated rings. The summed E-state index contributed by atoms with van der Waals surface area (Å²) in [5.74, 6) is 0. The maximum Gasteiger partial charge on any atom is 0.190 e. The summed E-state index contributed by atoms with van der Waals surface area (Å²) < 4.78 is 4.44. The number of rotatable bonds is 5. The highest BCUT2D eigenvalue weighted by Crippen LogP contribution is 2.31. The van der Waals surface area contributed by atoms with Crippen molar-refractivity contribution in [2.24, 2.45) is 4.99 Å². The first-order chi connectivity index (χ1) is 14.5. The molecule has 0 aliphatic heterocycles. The summed E-state index contributed by atoms with van der Waals surface area (Å²) in [4.78, 5) is 5.66. The fourth-order valence-corrected chi connectivity index (χ4v) is 4.98. The lowest BCUT2D eigenvalue weighted by atomic mass is 10.2. The Bertz CT molecular complexity index is 1280. The van der Waals surface area contributed by atoms with E-state index in [1.165, 1.54) is 17.0 Å². The number of aryl methyl sites for hydroxylation is 1. The van der Waals surface area contributed by atoms with E-state index in [1.807, 2.05) is 18.2 Å². The van der Waals surface area contributed by atoms with Crippen LogP contribution in [0.15, 0.2) is 77.6 Å². The molecule has 0 radical (unpaired) electrons. The Kier molecular flexibility index (Phi) is 6.00. The normalized spacial score (nSPS) is 11.8. The number of thiazole rings is 1. The van der Waals surface area contributed by atoms with Crippen LogP contribution < -0.4 is 4.80 Å². The quantitative estimate of drug-likeness (QED) is 0.281. The lowest BCUT2D eigenvalue weighted by molar-refractivity contribution is 0.799. The zero-order chi connectivity index (χ0) is 21.3. The van der Waals surface area contributed by atoms with E-state index < -0.39 is 0 Å². The molecule has 4 rings (SSSR count). The third-order valence-electron chi connectivity index (χ3n) is 4.96. The van der Waals surface area contributed by atoms with E-state index in [0.29, 0.717) is 22.3 Å². The molecule has 3 nitrogen and oxygen atoms in total. The molecule has 0 amide bonds. The summed E-state index contributed by atoms with van der Waals surface area (Å²) in [6, 6.07) is 18.0. The van der Waals surface area contributed by atoms with E-state index in [9.17, 15) is 0 Å². The summed E-state index contributed by atoms with van der Waals surface area (Å²) in [6.45, 7) is 8.87. The van der Waals surface area contributed by atoms with Gasteiger partial charge in [0.05, 0.1) is 16.4 Å². The second-order valence-electron chi connectivity index (χ2n) is 6.97. The van der Waals surface area contributed by atoms with Gasteiger partial charge in [-0.2, -0.15) is 0 Å². The van der Waals surface area contributed by atoms with E-state index in [1.54, 1.807) is 23.5 Å². The van der Waals surface area contributed by atoms with Gasteiger partial charge in [-0.05, 0) is 50.2 Å². The van der Waals surface area contributed by atoms with Gasteiger partial charge in [-0.15, -0.1) is 17.9 Å². The zero-order valence-electron chi connectivity index (χ0n) is 16.8. The first kappa shape index (κ1) is 20.7. The Morgan fingerprint density at radius 1 is 1.07 bits per heavy atom. The largest absolute Gasteiger partial charge is 0.318 e. The van der Waals surface area contributed by atoms with E-state index in [2.05, 4.69) is 65.3 Å². The van der Waals surface area contributed by atoms with Gasteiger partial charge in [-0.1, -0.05) is 47.5 Å². The second-order valence-corrected chi connectivity index (χ2v) is 8.65. The predicted molar refractivity (Wildman–Crippen MR) is 128 cm³/mol. The maximum atomic E-state index is 6.34. The summed E-state index contributed by atoms with van der Waals surface area (Å²) in [5, 5.41) is 3.27. The first-order valence-electron chi connectivity index (χ1n) is 9.53. The Hall–Kier alpha value is -2.53. The van der Waals surface area contributed by atoms with E-state index in [0.717, 1.165) is 16.2 Å². The SMILES string of the molecule is C=CCn1c(-c2cc(C)n(-c3ccccc3)c2C)csc1=Nc1ccc(Cl)cc1Cl. The average Bonchev–Trinajstić information content (AvgIpc) is 3.25. The molecule has 2 aromatic heterocycles. The van der Waals surface area contributed by atoms with Gasteiger partial charge in [-0.25, -0.2) is 4.99 Å². The molecule has 2 heterocycles. The average molecular weight is 454 g/mol. The van der Waals surface area contributed by atoms with E-state index in [4.69, 9.17) is 28.2 Å². The number of aromatic nitrogens is 2. The molecule has 0 aliphatic carbocycles. The van der Waals surface area contributed by atoms with Crippen molar-refractivity contribution in [3.8, 4) is 16.9 Å². The Morgan fingerprint density at radius 2 is 1.83 bits per heavy atom. The standard InChI is InChI=1S/C24H21Cl2N3S/c1-4-12-28-23(15-30-24(28)27-22-11-10-18(25)14-21(22)26)20-13-16(2)29(17(20)3)19-8-6-5-7-9-19/h4-11,13-15H,1,12H2,2-3H3. The van der Waals surface area contributed by atoms with Crippen LogP contribution in [0.25, 0.3) is 16.9 Å². The topological polar surface area (TPSA) is 22.2 Å². The number of hydrogen-bond acceptors (Lipinski definition) is 2. The van der Waals surface area contributed by atoms with E-state index in [-0.39, 0.29) is 0 Å². The van der Waals surface area contributed by atoms with Crippen LogP contribution in [0.3, 0.4) is 0 Å². The molecule has 4 aromatic rings. The molecule has 6 heteroatoms. The van der Waals surface area contributed by atoms with Gasteiger partial charge in [0.15, 0.2) is 4.80 Å². The number of nitrogens with zero attached hydrogens (tertiary/aromatic N) is 3. The zero-order valence-corrected chi connectivity index (χ0v) is 19.1. The maximum absolute atomic E-state index is 6.34. The van der Waals surface area contributed by atoms with Crippen molar-refractivity contribution >= 4 is 40.2 Å². The van der Waals surface area contributed by atoms with Crippen LogP contribution in [0.1, 0.15) is 11.4 Å². The summed E-state index contributed by atoms with van der Waals surface area (Å²) in [5.41, 5.74) is 6.51. The highest BCUT2D eigenvalue weighted by molar-refractivity contribution is 7.07. The molecular formula is C24H21Cl2N3S. The van der Waals surface area contributed by atoms with Crippen molar-refractivity contribution in [2.75, 3.05) is 0 Å². The Morgan fingerprint density at radius 3 is 2.53 bits per heavy atom. The minimum Gasteiger partial charge on any atom is -0.318 e. The number of benzene rings is 2. The van der Waals surface area contributed by atoms with Crippen molar-refractivity contribution < 1.29 is 0 Å². The summed E-state index contributed by atoms with van der Waals surface area (Å²) in [6.07, 6.45) is 1.88. The predicted octanol–water partition coefficient (Wildman–Crippen LogP) is 7.35. The van der Waals surface area contributed by atoms with Gasteiger partial charge in [0.2, 0.25) is 0 Å². The number of allylic oxidation sites excluding steroid dienone is 1. The van der Waals surface area contributed by atoms with Crippen LogP contribution in [-0.4, -0.2) is 9.13 Å². The number of hydrogen-bond donors (Lipinski definition) is 0.